The van der Waals surface area contributed by atoms with E-state index in [0.29, 0.717) is 0 Å². The predicted octanol–water partition coefficient (Wildman–Crippen LogP) is 0.848. The normalized spacial score (nSPS) is 47.0. The van der Waals surface area contributed by atoms with Crippen molar-refractivity contribution in [3.63, 3.8) is 0 Å². The van der Waals surface area contributed by atoms with Gasteiger partial charge >= 0.3 is 0 Å². The van der Waals surface area contributed by atoms with Crippen molar-refractivity contribution in [2.45, 2.75) is 24.4 Å². The van der Waals surface area contributed by atoms with Gasteiger partial charge in [-0.3, -0.25) is 4.79 Å². The molecule has 2 heterocycles. The van der Waals surface area contributed by atoms with Gasteiger partial charge in [-0.05, 0) is 36.3 Å². The summed E-state index contributed by atoms with van der Waals surface area (Å²) in [6.07, 6.45) is 0.228. The molecule has 1 amide bonds. The summed E-state index contributed by atoms with van der Waals surface area (Å²) in [7, 11) is 1.79. The highest BCUT2D eigenvalue weighted by molar-refractivity contribution is 5.85. The molecule has 4 heteroatoms. The predicted molar refractivity (Wildman–Crippen MR) is 78.3 cm³/mol. The first kappa shape index (κ1) is 12.7. The van der Waals surface area contributed by atoms with Crippen molar-refractivity contribution in [1.82, 2.24) is 4.90 Å². The summed E-state index contributed by atoms with van der Waals surface area (Å²) in [6, 6.07) is 9.75. The average Bonchev–Trinajstić information content (AvgIpc) is 3.19. The van der Waals surface area contributed by atoms with Crippen LogP contribution >= 0.6 is 0 Å². The Morgan fingerprint density at radius 1 is 1.32 bits per heavy atom. The molecule has 2 bridgehead atoms. The number of fused-ring (bicyclic) bond motifs is 2. The van der Waals surface area contributed by atoms with Crippen LogP contribution in [0.25, 0.3) is 0 Å². The van der Waals surface area contributed by atoms with Gasteiger partial charge < -0.3 is 14.7 Å². The summed E-state index contributed by atoms with van der Waals surface area (Å²) in [5.74, 6) is 6.82. The fraction of sp³-hybridized carbons (Fsp3) is 0.500. The number of ether oxygens (including phenoxy) is 1. The SMILES string of the molecule is CN1C(=O)C2C3CC4C(OC1(C#Cc1ccccc1)C42)C3O. The van der Waals surface area contributed by atoms with Crippen LogP contribution in [0.2, 0.25) is 0 Å². The Balaban J connectivity index is 1.62. The molecule has 112 valence electrons. The van der Waals surface area contributed by atoms with Gasteiger partial charge in [0.1, 0.15) is 0 Å². The molecule has 1 aromatic rings. The minimum Gasteiger partial charge on any atom is -0.390 e. The fourth-order valence-corrected chi connectivity index (χ4v) is 5.21. The van der Waals surface area contributed by atoms with Gasteiger partial charge in [0.2, 0.25) is 11.6 Å². The lowest BCUT2D eigenvalue weighted by Crippen LogP contribution is -2.47. The zero-order valence-corrected chi connectivity index (χ0v) is 12.3. The molecular weight excluding hydrogens is 278 g/mol. The quantitative estimate of drug-likeness (QED) is 0.722. The molecular formula is C18H17NO3. The van der Waals surface area contributed by atoms with Gasteiger partial charge in [-0.2, -0.15) is 0 Å². The van der Waals surface area contributed by atoms with Crippen LogP contribution in [0.5, 0.6) is 0 Å². The molecule has 22 heavy (non-hydrogen) atoms. The van der Waals surface area contributed by atoms with E-state index >= 15 is 0 Å². The topological polar surface area (TPSA) is 49.8 Å². The van der Waals surface area contributed by atoms with Crippen LogP contribution < -0.4 is 0 Å². The van der Waals surface area contributed by atoms with E-state index in [0.717, 1.165) is 12.0 Å². The molecule has 0 spiro atoms. The standard InChI is InChI=1S/C18H17NO3/c1-19-17(21)13-11-9-12-14(13)18(19,22-16(12)15(11)20)8-7-10-5-3-2-4-6-10/h2-6,11-16,20H,9H2,1H3. The van der Waals surface area contributed by atoms with E-state index in [9.17, 15) is 9.90 Å². The van der Waals surface area contributed by atoms with Gasteiger partial charge in [0.15, 0.2) is 0 Å². The highest BCUT2D eigenvalue weighted by Crippen LogP contribution is 2.66. The molecule has 2 aliphatic carbocycles. The molecule has 7 unspecified atom stereocenters. The van der Waals surface area contributed by atoms with Crippen molar-refractivity contribution in [3.05, 3.63) is 35.9 Å². The fourth-order valence-electron chi connectivity index (χ4n) is 5.21. The van der Waals surface area contributed by atoms with Crippen molar-refractivity contribution in [2.75, 3.05) is 7.05 Å². The van der Waals surface area contributed by atoms with Gasteiger partial charge in [-0.1, -0.05) is 24.1 Å². The molecule has 2 saturated carbocycles. The first-order valence-corrected chi connectivity index (χ1v) is 7.85. The summed E-state index contributed by atoms with van der Waals surface area (Å²) in [6.45, 7) is 0. The Bertz CT molecular complexity index is 721. The molecule has 2 aliphatic heterocycles. The van der Waals surface area contributed by atoms with Gasteiger partial charge in [-0.25, -0.2) is 0 Å². The van der Waals surface area contributed by atoms with Crippen molar-refractivity contribution < 1.29 is 14.6 Å². The van der Waals surface area contributed by atoms with E-state index in [1.165, 1.54) is 0 Å². The number of aliphatic hydroxyl groups is 1. The van der Waals surface area contributed by atoms with Crippen molar-refractivity contribution >= 4 is 5.91 Å². The first-order valence-electron chi connectivity index (χ1n) is 7.85. The number of likely N-dealkylation sites (tertiary alicyclic amines) is 1. The third-order valence-electron chi connectivity index (χ3n) is 6.09. The lowest BCUT2D eigenvalue weighted by Gasteiger charge is -2.32. The summed E-state index contributed by atoms with van der Waals surface area (Å²) < 4.78 is 6.22. The second-order valence-corrected chi connectivity index (χ2v) is 6.90. The number of carbonyl (C=O) groups is 1. The Morgan fingerprint density at radius 2 is 2.09 bits per heavy atom. The number of amides is 1. The molecule has 4 fully saturated rings. The van der Waals surface area contributed by atoms with Gasteiger partial charge in [-0.15, -0.1) is 0 Å². The zero-order chi connectivity index (χ0) is 15.1. The number of rotatable bonds is 0. The van der Waals surface area contributed by atoms with Crippen molar-refractivity contribution in [1.29, 1.82) is 0 Å². The van der Waals surface area contributed by atoms with Crippen LogP contribution in [0.1, 0.15) is 12.0 Å². The number of hydrogen-bond donors (Lipinski definition) is 1. The first-order chi connectivity index (χ1) is 10.6. The number of benzene rings is 1. The monoisotopic (exact) mass is 295 g/mol. The number of hydrogen-bond acceptors (Lipinski definition) is 3. The maximum atomic E-state index is 12.6. The van der Waals surface area contributed by atoms with E-state index in [1.54, 1.807) is 11.9 Å². The smallest absolute Gasteiger partial charge is 0.229 e. The van der Waals surface area contributed by atoms with Crippen molar-refractivity contribution in [2.24, 2.45) is 23.7 Å². The minimum absolute atomic E-state index is 0.0536. The van der Waals surface area contributed by atoms with E-state index in [4.69, 9.17) is 4.74 Å². The van der Waals surface area contributed by atoms with Gasteiger partial charge in [0.05, 0.1) is 18.1 Å². The van der Waals surface area contributed by atoms with E-state index in [2.05, 4.69) is 11.8 Å². The average molecular weight is 295 g/mol. The Morgan fingerprint density at radius 3 is 2.86 bits per heavy atom. The lowest BCUT2D eigenvalue weighted by molar-refractivity contribution is -0.158. The molecule has 0 radical (unpaired) electrons. The maximum absolute atomic E-state index is 12.6. The molecule has 7 atom stereocenters. The minimum atomic E-state index is -0.848. The summed E-state index contributed by atoms with van der Waals surface area (Å²) in [4.78, 5) is 14.3. The third-order valence-corrected chi connectivity index (χ3v) is 6.09. The highest BCUT2D eigenvalue weighted by Gasteiger charge is 2.77. The molecule has 2 saturated heterocycles. The summed E-state index contributed by atoms with van der Waals surface area (Å²) in [5, 5.41) is 10.4. The number of aliphatic hydroxyl groups excluding tert-OH is 1. The van der Waals surface area contributed by atoms with Crippen LogP contribution in [0, 0.1) is 35.5 Å². The van der Waals surface area contributed by atoms with E-state index in [1.807, 2.05) is 30.3 Å². The Kier molecular flexibility index (Phi) is 2.26. The molecule has 0 aromatic heterocycles. The number of nitrogens with zero attached hydrogens (tertiary/aromatic N) is 1. The molecule has 1 aromatic carbocycles. The molecule has 4 nitrogen and oxygen atoms in total. The van der Waals surface area contributed by atoms with E-state index in [-0.39, 0.29) is 35.7 Å². The van der Waals surface area contributed by atoms with Crippen LogP contribution in [-0.4, -0.2) is 40.9 Å². The van der Waals surface area contributed by atoms with Crippen LogP contribution in [-0.2, 0) is 9.53 Å². The summed E-state index contributed by atoms with van der Waals surface area (Å²) >= 11 is 0. The zero-order valence-electron chi connectivity index (χ0n) is 12.3. The van der Waals surface area contributed by atoms with Gasteiger partial charge in [0.25, 0.3) is 0 Å². The molecule has 1 N–H and O–H groups in total. The molecule has 5 rings (SSSR count). The van der Waals surface area contributed by atoms with Crippen molar-refractivity contribution in [3.8, 4) is 11.8 Å². The summed E-state index contributed by atoms with van der Waals surface area (Å²) in [5.41, 5.74) is 0.0678. The van der Waals surface area contributed by atoms with Gasteiger partial charge in [0, 0.05) is 18.5 Å². The van der Waals surface area contributed by atoms with E-state index < -0.39 is 11.8 Å². The van der Waals surface area contributed by atoms with Crippen LogP contribution in [0.4, 0.5) is 0 Å². The van der Waals surface area contributed by atoms with Crippen LogP contribution in [0.3, 0.4) is 0 Å². The second-order valence-electron chi connectivity index (χ2n) is 6.90. The highest BCUT2D eigenvalue weighted by atomic mass is 16.6. The Hall–Kier alpha value is -1.83. The second kappa shape index (κ2) is 3.92. The lowest BCUT2D eigenvalue weighted by atomic mass is 9.77. The Labute approximate surface area is 129 Å². The largest absolute Gasteiger partial charge is 0.390 e. The number of carbonyl (C=O) groups excluding carboxylic acids is 1. The third kappa shape index (κ3) is 1.26. The molecule has 4 aliphatic rings. The van der Waals surface area contributed by atoms with Crippen LogP contribution in [0.15, 0.2) is 30.3 Å². The maximum Gasteiger partial charge on any atom is 0.229 e.